The van der Waals surface area contributed by atoms with Gasteiger partial charge in [0.2, 0.25) is 0 Å². The summed E-state index contributed by atoms with van der Waals surface area (Å²) in [6.45, 7) is 1.87. The fourth-order valence-electron chi connectivity index (χ4n) is 1.14. The van der Waals surface area contributed by atoms with Crippen LogP contribution in [0.15, 0.2) is 12.1 Å². The van der Waals surface area contributed by atoms with Gasteiger partial charge in [0.15, 0.2) is 3.95 Å². The summed E-state index contributed by atoms with van der Waals surface area (Å²) in [4.78, 5) is 2.81. The van der Waals surface area contributed by atoms with E-state index >= 15 is 0 Å². The molecule has 4 heteroatoms. The van der Waals surface area contributed by atoms with Gasteiger partial charge < -0.3 is 4.98 Å². The van der Waals surface area contributed by atoms with E-state index in [9.17, 15) is 4.39 Å². The van der Waals surface area contributed by atoms with Crippen LogP contribution < -0.4 is 0 Å². The summed E-state index contributed by atoms with van der Waals surface area (Å²) in [7, 11) is 0. The highest BCUT2D eigenvalue weighted by Crippen LogP contribution is 2.23. The molecule has 62 valence electrons. The molecular weight excluding hydrogens is 193 g/mol. The Morgan fingerprint density at radius 1 is 1.50 bits per heavy atom. The molecule has 2 rings (SSSR count). The highest BCUT2D eigenvalue weighted by Gasteiger charge is 2.03. The van der Waals surface area contributed by atoms with Crippen LogP contribution in [0.25, 0.3) is 10.2 Å². The number of H-pyrrole nitrogens is 1. The van der Waals surface area contributed by atoms with Crippen LogP contribution in [-0.2, 0) is 0 Å². The van der Waals surface area contributed by atoms with Crippen molar-refractivity contribution < 1.29 is 4.39 Å². The van der Waals surface area contributed by atoms with E-state index in [0.29, 0.717) is 9.47 Å². The molecule has 0 aliphatic rings. The lowest BCUT2D eigenvalue weighted by atomic mass is 10.2. The zero-order valence-corrected chi connectivity index (χ0v) is 7.98. The number of thiazole rings is 1. The third-order valence-electron chi connectivity index (χ3n) is 1.63. The minimum atomic E-state index is -0.225. The standard InChI is InChI=1S/C8H6FNS2/c1-4-2-5(9)7-6(3-4)12-8(11)10-7/h2-3H,1H3,(H,10,11). The number of aryl methyl sites for hydroxylation is 1. The number of halogens is 1. The smallest absolute Gasteiger partial charge is 0.159 e. The van der Waals surface area contributed by atoms with E-state index in [1.807, 2.05) is 13.0 Å². The number of aromatic nitrogens is 1. The van der Waals surface area contributed by atoms with Gasteiger partial charge in [0.25, 0.3) is 0 Å². The average Bonchev–Trinajstić information content (AvgIpc) is 2.29. The molecule has 0 atom stereocenters. The molecule has 1 N–H and O–H groups in total. The first kappa shape index (κ1) is 7.89. The van der Waals surface area contributed by atoms with Crippen molar-refractivity contribution in [3.05, 3.63) is 27.5 Å². The molecular formula is C8H6FNS2. The lowest BCUT2D eigenvalue weighted by molar-refractivity contribution is 0.636. The molecule has 0 radical (unpaired) electrons. The molecule has 12 heavy (non-hydrogen) atoms. The number of fused-ring (bicyclic) bond motifs is 1. The Hall–Kier alpha value is -0.740. The van der Waals surface area contributed by atoms with Crippen LogP contribution in [0.1, 0.15) is 5.56 Å². The number of rotatable bonds is 0. The van der Waals surface area contributed by atoms with E-state index in [-0.39, 0.29) is 5.82 Å². The van der Waals surface area contributed by atoms with Crippen molar-refractivity contribution in [3.8, 4) is 0 Å². The molecule has 1 aromatic heterocycles. The van der Waals surface area contributed by atoms with Gasteiger partial charge in [-0.25, -0.2) is 4.39 Å². The Kier molecular flexibility index (Phi) is 1.73. The minimum absolute atomic E-state index is 0.225. The molecule has 0 bridgehead atoms. The molecule has 0 amide bonds. The van der Waals surface area contributed by atoms with Gasteiger partial charge in [-0.05, 0) is 36.8 Å². The molecule has 1 heterocycles. The molecule has 0 saturated carbocycles. The first-order chi connectivity index (χ1) is 5.66. The van der Waals surface area contributed by atoms with Gasteiger partial charge >= 0.3 is 0 Å². The third kappa shape index (κ3) is 1.17. The maximum absolute atomic E-state index is 13.2. The number of aromatic amines is 1. The van der Waals surface area contributed by atoms with E-state index in [2.05, 4.69) is 4.98 Å². The van der Waals surface area contributed by atoms with Gasteiger partial charge in [0.05, 0.1) is 10.2 Å². The molecule has 0 aliphatic carbocycles. The maximum Gasteiger partial charge on any atom is 0.159 e. The molecule has 0 aliphatic heterocycles. The summed E-state index contributed by atoms with van der Waals surface area (Å²) in [5.41, 5.74) is 1.45. The second kappa shape index (κ2) is 2.64. The van der Waals surface area contributed by atoms with Crippen molar-refractivity contribution in [1.82, 2.24) is 4.98 Å². The van der Waals surface area contributed by atoms with Crippen LogP contribution >= 0.6 is 23.6 Å². The molecule has 2 aromatic rings. The van der Waals surface area contributed by atoms with E-state index in [1.54, 1.807) is 0 Å². The van der Waals surface area contributed by atoms with Crippen molar-refractivity contribution in [2.24, 2.45) is 0 Å². The minimum Gasteiger partial charge on any atom is -0.335 e. The highest BCUT2D eigenvalue weighted by atomic mass is 32.1. The maximum atomic E-state index is 13.2. The van der Waals surface area contributed by atoms with Gasteiger partial charge in [-0.3, -0.25) is 0 Å². The Balaban J connectivity index is 2.97. The molecule has 0 saturated heterocycles. The normalized spacial score (nSPS) is 10.8. The fourth-order valence-corrected chi connectivity index (χ4v) is 2.36. The number of hydrogen-bond donors (Lipinski definition) is 1. The van der Waals surface area contributed by atoms with Crippen LogP contribution in [0.5, 0.6) is 0 Å². The summed E-state index contributed by atoms with van der Waals surface area (Å²) < 4.78 is 14.7. The molecule has 0 fully saturated rings. The van der Waals surface area contributed by atoms with Crippen LogP contribution in [0.4, 0.5) is 4.39 Å². The topological polar surface area (TPSA) is 15.8 Å². The Morgan fingerprint density at radius 2 is 2.25 bits per heavy atom. The van der Waals surface area contributed by atoms with Crippen LogP contribution in [0.3, 0.4) is 0 Å². The van der Waals surface area contributed by atoms with Gasteiger partial charge in [0, 0.05) is 0 Å². The molecule has 0 unspecified atom stereocenters. The zero-order chi connectivity index (χ0) is 8.72. The first-order valence-corrected chi connectivity index (χ1v) is 4.68. The quantitative estimate of drug-likeness (QED) is 0.643. The summed E-state index contributed by atoms with van der Waals surface area (Å²) in [6.07, 6.45) is 0. The Labute approximate surface area is 77.9 Å². The predicted molar refractivity (Wildman–Crippen MR) is 51.7 cm³/mol. The zero-order valence-electron chi connectivity index (χ0n) is 6.35. The summed E-state index contributed by atoms with van der Waals surface area (Å²) >= 11 is 6.31. The lowest BCUT2D eigenvalue weighted by Gasteiger charge is -1.93. The van der Waals surface area contributed by atoms with Crippen molar-refractivity contribution in [3.63, 3.8) is 0 Å². The van der Waals surface area contributed by atoms with Crippen molar-refractivity contribution in [2.45, 2.75) is 6.92 Å². The molecule has 0 spiro atoms. The van der Waals surface area contributed by atoms with Gasteiger partial charge in [-0.2, -0.15) is 0 Å². The van der Waals surface area contributed by atoms with E-state index in [4.69, 9.17) is 12.2 Å². The molecule has 1 aromatic carbocycles. The van der Waals surface area contributed by atoms with Crippen LogP contribution in [0.2, 0.25) is 0 Å². The van der Waals surface area contributed by atoms with Crippen molar-refractivity contribution in [2.75, 3.05) is 0 Å². The van der Waals surface area contributed by atoms with Crippen molar-refractivity contribution in [1.29, 1.82) is 0 Å². The summed E-state index contributed by atoms with van der Waals surface area (Å²) in [6, 6.07) is 3.43. The first-order valence-electron chi connectivity index (χ1n) is 3.46. The molecule has 1 nitrogen and oxygen atoms in total. The largest absolute Gasteiger partial charge is 0.335 e. The third-order valence-corrected chi connectivity index (χ3v) is 2.81. The Morgan fingerprint density at radius 3 is 3.00 bits per heavy atom. The van der Waals surface area contributed by atoms with Crippen LogP contribution in [-0.4, -0.2) is 4.98 Å². The van der Waals surface area contributed by atoms with E-state index in [0.717, 1.165) is 10.3 Å². The van der Waals surface area contributed by atoms with Gasteiger partial charge in [-0.15, -0.1) is 11.3 Å². The Bertz CT molecular complexity index is 483. The SMILES string of the molecule is Cc1cc(F)c2[nH]c(=S)sc2c1. The highest BCUT2D eigenvalue weighted by molar-refractivity contribution is 7.73. The number of nitrogens with one attached hydrogen (secondary N) is 1. The number of benzene rings is 1. The fraction of sp³-hybridized carbons (Fsp3) is 0.125. The monoisotopic (exact) mass is 199 g/mol. The second-order valence-electron chi connectivity index (χ2n) is 2.63. The lowest BCUT2D eigenvalue weighted by Crippen LogP contribution is -1.79. The average molecular weight is 199 g/mol. The number of hydrogen-bond acceptors (Lipinski definition) is 2. The summed E-state index contributed by atoms with van der Waals surface area (Å²) in [5.74, 6) is -0.225. The van der Waals surface area contributed by atoms with E-state index < -0.39 is 0 Å². The predicted octanol–water partition coefficient (Wildman–Crippen LogP) is 3.41. The van der Waals surface area contributed by atoms with Gasteiger partial charge in [-0.1, -0.05) is 0 Å². The second-order valence-corrected chi connectivity index (χ2v) is 4.35. The van der Waals surface area contributed by atoms with Crippen molar-refractivity contribution >= 4 is 33.8 Å². The van der Waals surface area contributed by atoms with Gasteiger partial charge in [0.1, 0.15) is 5.82 Å². The summed E-state index contributed by atoms with van der Waals surface area (Å²) in [5, 5.41) is 0. The van der Waals surface area contributed by atoms with E-state index in [1.165, 1.54) is 17.4 Å². The van der Waals surface area contributed by atoms with Crippen LogP contribution in [0, 0.1) is 16.7 Å².